The van der Waals surface area contributed by atoms with Gasteiger partial charge in [0, 0.05) is 44.7 Å². The predicted molar refractivity (Wildman–Crippen MR) is 118 cm³/mol. The average Bonchev–Trinajstić information content (AvgIpc) is 3.11. The fourth-order valence-corrected chi connectivity index (χ4v) is 4.12. The number of benzene rings is 2. The third-order valence-electron chi connectivity index (χ3n) is 5.98. The summed E-state index contributed by atoms with van der Waals surface area (Å²) in [5.41, 5.74) is 1.23. The van der Waals surface area contributed by atoms with Crippen LogP contribution in [0.2, 0.25) is 0 Å². The summed E-state index contributed by atoms with van der Waals surface area (Å²) >= 11 is 0. The zero-order chi connectivity index (χ0) is 23.5. The van der Waals surface area contributed by atoms with Crippen LogP contribution in [0, 0.1) is 0 Å². The number of hydrogen-bond donors (Lipinski definition) is 0. The molecule has 9 heteroatoms. The Labute approximate surface area is 191 Å². The van der Waals surface area contributed by atoms with Gasteiger partial charge in [0.05, 0.1) is 25.3 Å². The van der Waals surface area contributed by atoms with E-state index >= 15 is 0 Å². The molecule has 0 spiro atoms. The summed E-state index contributed by atoms with van der Waals surface area (Å²) in [5.74, 6) is -0.00540. The van der Waals surface area contributed by atoms with Gasteiger partial charge >= 0.3 is 0 Å². The summed E-state index contributed by atoms with van der Waals surface area (Å²) in [7, 11) is 3.04. The summed E-state index contributed by atoms with van der Waals surface area (Å²) in [4.78, 5) is 54.9. The molecule has 0 unspecified atom stereocenters. The van der Waals surface area contributed by atoms with E-state index < -0.39 is 0 Å². The maximum absolute atomic E-state index is 12.9. The Hall–Kier alpha value is -3.88. The minimum Gasteiger partial charge on any atom is -0.493 e. The standard InChI is InChI=1S/C24H25N3O6/c1-32-19-8-7-16(15-20(19)33-2)22(29)26-13-11-25(12-14-26)21(28)9-10-27-23(30)17-5-3-4-6-18(17)24(27)31/h3-8,15H,9-14H2,1-2H3. The second-order valence-corrected chi connectivity index (χ2v) is 7.80. The molecule has 0 saturated carbocycles. The van der Waals surface area contributed by atoms with Crippen LogP contribution in [0.1, 0.15) is 37.5 Å². The SMILES string of the molecule is COc1ccc(C(=O)N2CCN(C(=O)CCN3C(=O)c4ccccc4C3=O)CC2)cc1OC. The van der Waals surface area contributed by atoms with E-state index in [4.69, 9.17) is 9.47 Å². The number of hydrogen-bond acceptors (Lipinski definition) is 6. The number of methoxy groups -OCH3 is 2. The zero-order valence-corrected chi connectivity index (χ0v) is 18.6. The van der Waals surface area contributed by atoms with E-state index in [2.05, 4.69) is 0 Å². The highest BCUT2D eigenvalue weighted by molar-refractivity contribution is 6.21. The van der Waals surface area contributed by atoms with Crippen LogP contribution in [0.25, 0.3) is 0 Å². The fraction of sp³-hybridized carbons (Fsp3) is 0.333. The Morgan fingerprint density at radius 2 is 1.39 bits per heavy atom. The molecule has 2 aliphatic rings. The lowest BCUT2D eigenvalue weighted by molar-refractivity contribution is -0.132. The van der Waals surface area contributed by atoms with Crippen molar-refractivity contribution in [3.8, 4) is 11.5 Å². The molecule has 4 amide bonds. The Balaban J connectivity index is 1.30. The number of fused-ring (bicyclic) bond motifs is 1. The normalized spacial score (nSPS) is 15.5. The number of nitrogens with zero attached hydrogens (tertiary/aromatic N) is 3. The molecular weight excluding hydrogens is 426 g/mol. The maximum atomic E-state index is 12.9. The minimum atomic E-state index is -0.367. The van der Waals surface area contributed by atoms with Crippen LogP contribution < -0.4 is 9.47 Å². The topological polar surface area (TPSA) is 96.5 Å². The highest BCUT2D eigenvalue weighted by Crippen LogP contribution is 2.28. The van der Waals surface area contributed by atoms with Gasteiger partial charge in [-0.25, -0.2) is 0 Å². The van der Waals surface area contributed by atoms with Crippen LogP contribution in [0.5, 0.6) is 11.5 Å². The molecule has 33 heavy (non-hydrogen) atoms. The molecule has 0 aliphatic carbocycles. The second-order valence-electron chi connectivity index (χ2n) is 7.80. The third-order valence-corrected chi connectivity index (χ3v) is 5.98. The van der Waals surface area contributed by atoms with E-state index in [0.29, 0.717) is 54.4 Å². The van der Waals surface area contributed by atoms with Crippen LogP contribution >= 0.6 is 0 Å². The summed E-state index contributed by atoms with van der Waals surface area (Å²) in [6, 6.07) is 11.7. The van der Waals surface area contributed by atoms with Crippen molar-refractivity contribution in [1.29, 1.82) is 0 Å². The molecule has 0 bridgehead atoms. The molecule has 0 radical (unpaired) electrons. The monoisotopic (exact) mass is 451 g/mol. The Kier molecular flexibility index (Phi) is 6.30. The van der Waals surface area contributed by atoms with Gasteiger partial charge in [0.25, 0.3) is 17.7 Å². The molecule has 2 heterocycles. The summed E-state index contributed by atoms with van der Waals surface area (Å²) in [6.45, 7) is 1.60. The maximum Gasteiger partial charge on any atom is 0.261 e. The van der Waals surface area contributed by atoms with Crippen molar-refractivity contribution in [2.75, 3.05) is 46.9 Å². The molecule has 0 atom stereocenters. The first-order chi connectivity index (χ1) is 15.9. The van der Waals surface area contributed by atoms with E-state index in [1.165, 1.54) is 14.2 Å². The number of imide groups is 1. The molecule has 9 nitrogen and oxygen atoms in total. The van der Waals surface area contributed by atoms with Crippen molar-refractivity contribution in [2.45, 2.75) is 6.42 Å². The summed E-state index contributed by atoms with van der Waals surface area (Å²) in [6.07, 6.45) is 0.0507. The van der Waals surface area contributed by atoms with Crippen molar-refractivity contribution in [2.24, 2.45) is 0 Å². The lowest BCUT2D eigenvalue weighted by Crippen LogP contribution is -2.51. The van der Waals surface area contributed by atoms with Gasteiger partial charge in [-0.05, 0) is 30.3 Å². The molecule has 2 aromatic rings. The van der Waals surface area contributed by atoms with Crippen molar-refractivity contribution in [3.63, 3.8) is 0 Å². The second kappa shape index (κ2) is 9.32. The lowest BCUT2D eigenvalue weighted by Gasteiger charge is -2.35. The van der Waals surface area contributed by atoms with Crippen molar-refractivity contribution in [3.05, 3.63) is 59.2 Å². The first-order valence-electron chi connectivity index (χ1n) is 10.7. The fourth-order valence-electron chi connectivity index (χ4n) is 4.12. The quantitative estimate of drug-likeness (QED) is 0.620. The smallest absolute Gasteiger partial charge is 0.261 e. The number of amides is 4. The first kappa shape index (κ1) is 22.3. The van der Waals surface area contributed by atoms with Crippen LogP contribution in [-0.2, 0) is 4.79 Å². The van der Waals surface area contributed by atoms with Gasteiger partial charge in [-0.2, -0.15) is 0 Å². The molecule has 2 aromatic carbocycles. The number of carbonyl (C=O) groups excluding carboxylic acids is 4. The number of piperazine rings is 1. The Morgan fingerprint density at radius 3 is 1.97 bits per heavy atom. The third kappa shape index (κ3) is 4.26. The highest BCUT2D eigenvalue weighted by atomic mass is 16.5. The van der Waals surface area contributed by atoms with Crippen LogP contribution in [-0.4, -0.2) is 85.3 Å². The number of rotatable bonds is 6. The molecule has 4 rings (SSSR count). The lowest BCUT2D eigenvalue weighted by atomic mass is 10.1. The van der Waals surface area contributed by atoms with Gasteiger partial charge < -0.3 is 19.3 Å². The van der Waals surface area contributed by atoms with Crippen LogP contribution in [0.3, 0.4) is 0 Å². The number of carbonyl (C=O) groups is 4. The molecule has 172 valence electrons. The predicted octanol–water partition coefficient (Wildman–Crippen LogP) is 1.67. The van der Waals surface area contributed by atoms with Gasteiger partial charge in [-0.1, -0.05) is 12.1 Å². The van der Waals surface area contributed by atoms with Gasteiger partial charge in [-0.3, -0.25) is 24.1 Å². The minimum absolute atomic E-state index is 0.0377. The summed E-state index contributed by atoms with van der Waals surface area (Å²) in [5, 5.41) is 0. The number of ether oxygens (including phenoxy) is 2. The summed E-state index contributed by atoms with van der Waals surface area (Å²) < 4.78 is 10.5. The van der Waals surface area contributed by atoms with Gasteiger partial charge in [0.1, 0.15) is 0 Å². The van der Waals surface area contributed by atoms with E-state index in [1.807, 2.05) is 0 Å². The zero-order valence-electron chi connectivity index (χ0n) is 18.6. The van der Waals surface area contributed by atoms with Crippen molar-refractivity contribution < 1.29 is 28.7 Å². The molecular formula is C24H25N3O6. The van der Waals surface area contributed by atoms with E-state index in [1.54, 1.807) is 52.3 Å². The molecule has 2 aliphatic heterocycles. The van der Waals surface area contributed by atoms with E-state index in [9.17, 15) is 19.2 Å². The average molecular weight is 451 g/mol. The molecule has 1 fully saturated rings. The van der Waals surface area contributed by atoms with Crippen LogP contribution in [0.4, 0.5) is 0 Å². The van der Waals surface area contributed by atoms with Gasteiger partial charge in [0.2, 0.25) is 5.91 Å². The van der Waals surface area contributed by atoms with Crippen LogP contribution in [0.15, 0.2) is 42.5 Å². The Bertz CT molecular complexity index is 1070. The van der Waals surface area contributed by atoms with Gasteiger partial charge in [0.15, 0.2) is 11.5 Å². The largest absolute Gasteiger partial charge is 0.493 e. The molecule has 0 aromatic heterocycles. The van der Waals surface area contributed by atoms with E-state index in [-0.39, 0.29) is 36.6 Å². The highest BCUT2D eigenvalue weighted by Gasteiger charge is 2.35. The first-order valence-corrected chi connectivity index (χ1v) is 10.7. The van der Waals surface area contributed by atoms with E-state index in [0.717, 1.165) is 4.90 Å². The Morgan fingerprint density at radius 1 is 0.818 bits per heavy atom. The molecule has 1 saturated heterocycles. The van der Waals surface area contributed by atoms with Crippen molar-refractivity contribution in [1.82, 2.24) is 14.7 Å². The van der Waals surface area contributed by atoms with Crippen molar-refractivity contribution >= 4 is 23.6 Å². The van der Waals surface area contributed by atoms with Gasteiger partial charge in [-0.15, -0.1) is 0 Å². The molecule has 0 N–H and O–H groups in total.